The molecule has 3 heterocycles. The van der Waals surface area contributed by atoms with E-state index in [4.69, 9.17) is 4.74 Å². The maximum Gasteiger partial charge on any atom is 0.352 e. The van der Waals surface area contributed by atoms with Gasteiger partial charge in [0.1, 0.15) is 5.69 Å². The highest BCUT2D eigenvalue weighted by molar-refractivity contribution is 5.53. The molecule has 128 valence electrons. The molecular weight excluding hydrogens is 318 g/mol. The van der Waals surface area contributed by atoms with Crippen LogP contribution in [0.4, 0.5) is 0 Å². The average molecular weight is 337 g/mol. The summed E-state index contributed by atoms with van der Waals surface area (Å²) in [5.41, 5.74) is 1.28. The zero-order valence-electron chi connectivity index (χ0n) is 13.8. The van der Waals surface area contributed by atoms with Crippen molar-refractivity contribution in [2.45, 2.75) is 6.67 Å². The molecule has 2 aromatic heterocycles. The van der Waals surface area contributed by atoms with Crippen LogP contribution < -0.4 is 5.69 Å². The van der Waals surface area contributed by atoms with Crippen molar-refractivity contribution in [3.63, 3.8) is 0 Å². The first kappa shape index (κ1) is 15.7. The van der Waals surface area contributed by atoms with Crippen molar-refractivity contribution < 1.29 is 4.74 Å². The smallest absolute Gasteiger partial charge is 0.352 e. The molecule has 1 aliphatic rings. The SMILES string of the molecule is O=c1n(CN2CCOCC2)nc(-c2ccccn2)n1-c1ccccc1. The lowest BCUT2D eigenvalue weighted by atomic mass is 10.3. The molecule has 25 heavy (non-hydrogen) atoms. The van der Waals surface area contributed by atoms with E-state index in [-0.39, 0.29) is 5.69 Å². The molecule has 7 heteroatoms. The molecule has 1 aliphatic heterocycles. The van der Waals surface area contributed by atoms with Crippen molar-refractivity contribution in [2.24, 2.45) is 0 Å². The van der Waals surface area contributed by atoms with Crippen LogP contribution in [-0.4, -0.2) is 50.5 Å². The van der Waals surface area contributed by atoms with Gasteiger partial charge >= 0.3 is 5.69 Å². The summed E-state index contributed by atoms with van der Waals surface area (Å²) in [6, 6.07) is 15.1. The largest absolute Gasteiger partial charge is 0.379 e. The Kier molecular flexibility index (Phi) is 4.41. The maximum atomic E-state index is 13.0. The van der Waals surface area contributed by atoms with E-state index in [1.807, 2.05) is 48.5 Å². The van der Waals surface area contributed by atoms with E-state index in [9.17, 15) is 4.79 Å². The third-order valence-electron chi connectivity index (χ3n) is 4.19. The van der Waals surface area contributed by atoms with Gasteiger partial charge in [-0.15, -0.1) is 5.10 Å². The van der Waals surface area contributed by atoms with Gasteiger partial charge in [0.15, 0.2) is 5.82 Å². The van der Waals surface area contributed by atoms with Crippen molar-refractivity contribution in [1.29, 1.82) is 0 Å². The van der Waals surface area contributed by atoms with Crippen molar-refractivity contribution in [3.05, 3.63) is 65.2 Å². The number of rotatable bonds is 4. The number of para-hydroxylation sites is 1. The summed E-state index contributed by atoms with van der Waals surface area (Å²) in [4.78, 5) is 19.5. The van der Waals surface area contributed by atoms with Gasteiger partial charge in [-0.3, -0.25) is 9.88 Å². The molecule has 0 unspecified atom stereocenters. The molecule has 4 rings (SSSR count). The minimum absolute atomic E-state index is 0.168. The van der Waals surface area contributed by atoms with E-state index in [0.29, 0.717) is 31.4 Å². The summed E-state index contributed by atoms with van der Waals surface area (Å²) in [6.45, 7) is 3.40. The second-order valence-corrected chi connectivity index (χ2v) is 5.86. The predicted octanol–water partition coefficient (Wildman–Crippen LogP) is 1.39. The van der Waals surface area contributed by atoms with Gasteiger partial charge in [-0.25, -0.2) is 9.36 Å². The number of pyridine rings is 1. The standard InChI is InChI=1S/C18H19N5O2/c24-18-22(14-21-10-12-25-13-11-21)20-17(16-8-4-5-9-19-16)23(18)15-6-2-1-3-7-15/h1-9H,10-14H2. The lowest BCUT2D eigenvalue weighted by molar-refractivity contribution is 0.0206. The van der Waals surface area contributed by atoms with Gasteiger partial charge in [0.05, 0.1) is 25.6 Å². The summed E-state index contributed by atoms with van der Waals surface area (Å²) >= 11 is 0. The van der Waals surface area contributed by atoms with Gasteiger partial charge in [0.25, 0.3) is 0 Å². The highest BCUT2D eigenvalue weighted by Crippen LogP contribution is 2.17. The Bertz CT molecular complexity index is 883. The number of benzene rings is 1. The summed E-state index contributed by atoms with van der Waals surface area (Å²) in [5, 5.41) is 4.57. The van der Waals surface area contributed by atoms with Gasteiger partial charge < -0.3 is 4.74 Å². The molecule has 0 amide bonds. The number of hydrogen-bond acceptors (Lipinski definition) is 5. The van der Waals surface area contributed by atoms with Crippen LogP contribution in [0.2, 0.25) is 0 Å². The molecule has 1 fully saturated rings. The maximum absolute atomic E-state index is 13.0. The quantitative estimate of drug-likeness (QED) is 0.720. The Hall–Kier alpha value is -2.77. The summed E-state index contributed by atoms with van der Waals surface area (Å²) in [6.07, 6.45) is 1.70. The first-order valence-electron chi connectivity index (χ1n) is 8.30. The van der Waals surface area contributed by atoms with Crippen LogP contribution >= 0.6 is 0 Å². The monoisotopic (exact) mass is 337 g/mol. The van der Waals surface area contributed by atoms with E-state index in [0.717, 1.165) is 18.8 Å². The van der Waals surface area contributed by atoms with E-state index < -0.39 is 0 Å². The molecule has 0 aliphatic carbocycles. The summed E-state index contributed by atoms with van der Waals surface area (Å²) in [5.74, 6) is 0.546. The van der Waals surface area contributed by atoms with E-state index >= 15 is 0 Å². The fraction of sp³-hybridized carbons (Fsp3) is 0.278. The van der Waals surface area contributed by atoms with Gasteiger partial charge in [0.2, 0.25) is 0 Å². The first-order chi connectivity index (χ1) is 12.3. The topological polar surface area (TPSA) is 65.2 Å². The van der Waals surface area contributed by atoms with Gasteiger partial charge in [0, 0.05) is 19.3 Å². The molecule has 3 aromatic rings. The van der Waals surface area contributed by atoms with Crippen molar-refractivity contribution in [1.82, 2.24) is 24.2 Å². The average Bonchev–Trinajstić information content (AvgIpc) is 3.00. The van der Waals surface area contributed by atoms with Crippen LogP contribution in [0.5, 0.6) is 0 Å². The summed E-state index contributed by atoms with van der Waals surface area (Å²) in [7, 11) is 0. The lowest BCUT2D eigenvalue weighted by Crippen LogP contribution is -2.40. The van der Waals surface area contributed by atoms with Crippen LogP contribution in [0.3, 0.4) is 0 Å². The van der Waals surface area contributed by atoms with Crippen LogP contribution in [0, 0.1) is 0 Å². The molecular formula is C18H19N5O2. The van der Waals surface area contributed by atoms with Crippen LogP contribution in [0.25, 0.3) is 17.2 Å². The normalized spacial score (nSPS) is 15.4. The van der Waals surface area contributed by atoms with Crippen molar-refractivity contribution >= 4 is 0 Å². The van der Waals surface area contributed by atoms with E-state index in [2.05, 4.69) is 15.0 Å². The third-order valence-corrected chi connectivity index (χ3v) is 4.19. The van der Waals surface area contributed by atoms with Gasteiger partial charge in [-0.05, 0) is 24.3 Å². The number of nitrogens with zero attached hydrogens (tertiary/aromatic N) is 5. The van der Waals surface area contributed by atoms with Crippen molar-refractivity contribution in [2.75, 3.05) is 26.3 Å². The Morgan fingerprint density at radius 2 is 1.76 bits per heavy atom. The summed E-state index contributed by atoms with van der Waals surface area (Å²) < 4.78 is 8.49. The molecule has 1 saturated heterocycles. The molecule has 0 spiro atoms. The highest BCUT2D eigenvalue weighted by atomic mass is 16.5. The number of morpholine rings is 1. The third kappa shape index (κ3) is 3.24. The predicted molar refractivity (Wildman–Crippen MR) is 93.4 cm³/mol. The van der Waals surface area contributed by atoms with E-state index in [1.165, 1.54) is 4.68 Å². The number of ether oxygens (including phenoxy) is 1. The minimum atomic E-state index is -0.168. The molecule has 0 bridgehead atoms. The number of hydrogen-bond donors (Lipinski definition) is 0. The first-order valence-corrected chi connectivity index (χ1v) is 8.30. The molecule has 0 radical (unpaired) electrons. The zero-order chi connectivity index (χ0) is 17.1. The van der Waals surface area contributed by atoms with Gasteiger partial charge in [-0.1, -0.05) is 24.3 Å². The van der Waals surface area contributed by atoms with Crippen molar-refractivity contribution in [3.8, 4) is 17.2 Å². The van der Waals surface area contributed by atoms with Crippen LogP contribution in [-0.2, 0) is 11.4 Å². The highest BCUT2D eigenvalue weighted by Gasteiger charge is 2.19. The fourth-order valence-electron chi connectivity index (χ4n) is 2.90. The zero-order valence-corrected chi connectivity index (χ0v) is 13.8. The molecule has 0 atom stereocenters. The Labute approximate surface area is 145 Å². The fourth-order valence-corrected chi connectivity index (χ4v) is 2.90. The Morgan fingerprint density at radius 1 is 1.00 bits per heavy atom. The lowest BCUT2D eigenvalue weighted by Gasteiger charge is -2.25. The second kappa shape index (κ2) is 7.00. The molecule has 1 aromatic carbocycles. The van der Waals surface area contributed by atoms with E-state index in [1.54, 1.807) is 10.8 Å². The van der Waals surface area contributed by atoms with Crippen LogP contribution in [0.15, 0.2) is 59.5 Å². The Morgan fingerprint density at radius 3 is 2.48 bits per heavy atom. The minimum Gasteiger partial charge on any atom is -0.379 e. The molecule has 0 saturated carbocycles. The van der Waals surface area contributed by atoms with Gasteiger partial charge in [-0.2, -0.15) is 4.68 Å². The van der Waals surface area contributed by atoms with Crippen LogP contribution in [0.1, 0.15) is 0 Å². The molecule has 7 nitrogen and oxygen atoms in total. The Balaban J connectivity index is 1.79. The second-order valence-electron chi connectivity index (χ2n) is 5.86. The molecule has 0 N–H and O–H groups in total. The number of aromatic nitrogens is 4.